The molecule has 0 radical (unpaired) electrons. The smallest absolute Gasteiger partial charge is 0.338 e. The maximum Gasteiger partial charge on any atom is 0.338 e. The minimum absolute atomic E-state index is 0.0318. The first-order valence-electron chi connectivity index (χ1n) is 16.4. The maximum absolute atomic E-state index is 14.1. The van der Waals surface area contributed by atoms with E-state index in [2.05, 4.69) is 0 Å². The quantitative estimate of drug-likeness (QED) is 0.273. The summed E-state index contributed by atoms with van der Waals surface area (Å²) in [5.41, 5.74) is -4.73. The molecule has 268 valence electrons. The second kappa shape index (κ2) is 13.9. The summed E-state index contributed by atoms with van der Waals surface area (Å²) in [6, 6.07) is 16.1. The van der Waals surface area contributed by atoms with Crippen LogP contribution in [0.25, 0.3) is 0 Å². The molecule has 1 spiro atoms. The van der Waals surface area contributed by atoms with Gasteiger partial charge in [0, 0.05) is 27.7 Å². The van der Waals surface area contributed by atoms with E-state index in [4.69, 9.17) is 33.2 Å². The molecule has 2 saturated carbocycles. The zero-order valence-corrected chi connectivity index (χ0v) is 29.0. The molecule has 50 heavy (non-hydrogen) atoms. The van der Waals surface area contributed by atoms with Gasteiger partial charge in [0.25, 0.3) is 0 Å². The van der Waals surface area contributed by atoms with Gasteiger partial charge in [0.2, 0.25) is 0 Å². The fourth-order valence-corrected chi connectivity index (χ4v) is 8.43. The number of hydrogen-bond acceptors (Lipinski definition) is 13. The number of rotatable bonds is 9. The lowest BCUT2D eigenvalue weighted by atomic mass is 9.47. The number of ether oxygens (including phenoxy) is 7. The predicted octanol–water partition coefficient (Wildman–Crippen LogP) is 4.00. The first-order chi connectivity index (χ1) is 23.5. The van der Waals surface area contributed by atoms with E-state index in [1.165, 1.54) is 45.0 Å². The third-order valence-electron chi connectivity index (χ3n) is 9.93. The largest absolute Gasteiger partial charge is 0.461 e. The van der Waals surface area contributed by atoms with Gasteiger partial charge in [0.15, 0.2) is 12.2 Å². The number of fused-ring (bicyclic) bond motifs is 1. The summed E-state index contributed by atoms with van der Waals surface area (Å²) >= 11 is 0. The van der Waals surface area contributed by atoms with Crippen LogP contribution in [0.1, 0.15) is 75.6 Å². The van der Waals surface area contributed by atoms with Crippen molar-refractivity contribution in [2.75, 3.05) is 6.61 Å². The van der Waals surface area contributed by atoms with Crippen LogP contribution in [0.2, 0.25) is 0 Å². The Kier molecular flexibility index (Phi) is 10.1. The van der Waals surface area contributed by atoms with E-state index in [-0.39, 0.29) is 17.5 Å². The monoisotopic (exact) mass is 694 g/mol. The van der Waals surface area contributed by atoms with Crippen LogP contribution in [-0.2, 0) is 52.3 Å². The molecule has 1 heterocycles. The van der Waals surface area contributed by atoms with E-state index in [1.807, 2.05) is 0 Å². The Bertz CT molecular complexity index is 1640. The molecule has 5 rings (SSSR count). The molecule has 3 fully saturated rings. The van der Waals surface area contributed by atoms with Crippen LogP contribution in [-0.4, -0.2) is 84.1 Å². The Morgan fingerprint density at radius 3 is 1.68 bits per heavy atom. The van der Waals surface area contributed by atoms with Gasteiger partial charge in [0.05, 0.1) is 22.6 Å². The van der Waals surface area contributed by atoms with Crippen LogP contribution < -0.4 is 0 Å². The molecule has 1 aliphatic heterocycles. The van der Waals surface area contributed by atoms with E-state index >= 15 is 0 Å². The number of benzene rings is 2. The average molecular weight is 695 g/mol. The molecule has 9 atom stereocenters. The number of esters is 6. The lowest BCUT2D eigenvalue weighted by molar-refractivity contribution is -0.328. The molecule has 13 heteroatoms. The summed E-state index contributed by atoms with van der Waals surface area (Å²) in [6.45, 7) is 9.21. The number of carbonyl (C=O) groups excluding carboxylic acids is 6. The Morgan fingerprint density at radius 2 is 1.16 bits per heavy atom. The summed E-state index contributed by atoms with van der Waals surface area (Å²) in [6.07, 6.45) is -6.97. The van der Waals surface area contributed by atoms with Gasteiger partial charge >= 0.3 is 35.8 Å². The van der Waals surface area contributed by atoms with Crippen molar-refractivity contribution < 1.29 is 61.9 Å². The van der Waals surface area contributed by atoms with Gasteiger partial charge < -0.3 is 33.2 Å². The van der Waals surface area contributed by atoms with E-state index in [1.54, 1.807) is 57.2 Å². The summed E-state index contributed by atoms with van der Waals surface area (Å²) in [5, 5.41) is 0. The normalized spacial score (nSPS) is 32.0. The molecule has 0 unspecified atom stereocenters. The van der Waals surface area contributed by atoms with Crippen LogP contribution >= 0.6 is 0 Å². The predicted molar refractivity (Wildman–Crippen MR) is 172 cm³/mol. The van der Waals surface area contributed by atoms with Gasteiger partial charge in [-0.05, 0) is 50.5 Å². The lowest BCUT2D eigenvalue weighted by Crippen LogP contribution is -2.81. The molecule has 1 saturated heterocycles. The molecular weight excluding hydrogens is 652 g/mol. The van der Waals surface area contributed by atoms with Gasteiger partial charge in [-0.15, -0.1) is 0 Å². The van der Waals surface area contributed by atoms with Crippen LogP contribution in [0.5, 0.6) is 0 Å². The highest BCUT2D eigenvalue weighted by atomic mass is 16.6. The van der Waals surface area contributed by atoms with Crippen LogP contribution in [0, 0.1) is 17.3 Å². The van der Waals surface area contributed by atoms with Gasteiger partial charge in [-0.25, -0.2) is 9.59 Å². The first-order valence-corrected chi connectivity index (χ1v) is 16.4. The minimum atomic E-state index is -2.03. The second-order valence-electron chi connectivity index (χ2n) is 13.6. The van der Waals surface area contributed by atoms with Gasteiger partial charge in [0.1, 0.15) is 35.9 Å². The standard InChI is InChI=1S/C37H42O13/c1-20-18-27(45-21(2)38)30(47-23(4)40)36(19-44-33(42)25-14-10-8-11-15-25)32(49-34(43)26-16-12-9-13-17-26)29(46-22(3)39)28-31(48-24(5)41)37(20,36)50-35(28,6)7/h8-17,20,27-32H,18-19H2,1-7H3/t20-,27+,28-,29+,30+,31-,32+,36+,37-/m1/s1. The molecule has 0 N–H and O–H groups in total. The molecule has 0 amide bonds. The van der Waals surface area contributed by atoms with E-state index in [9.17, 15) is 28.8 Å². The van der Waals surface area contributed by atoms with Crippen molar-refractivity contribution in [3.05, 3.63) is 71.8 Å². The first kappa shape index (κ1) is 36.5. The third kappa shape index (κ3) is 6.34. The lowest BCUT2D eigenvalue weighted by Gasteiger charge is -2.64. The van der Waals surface area contributed by atoms with Gasteiger partial charge in [-0.1, -0.05) is 43.3 Å². The van der Waals surface area contributed by atoms with E-state index in [0.29, 0.717) is 0 Å². The highest BCUT2D eigenvalue weighted by Gasteiger charge is 2.85. The molecular formula is C37H42O13. The maximum atomic E-state index is 14.1. The van der Waals surface area contributed by atoms with Crippen molar-refractivity contribution in [3.63, 3.8) is 0 Å². The number of hydrogen-bond donors (Lipinski definition) is 0. The summed E-state index contributed by atoms with van der Waals surface area (Å²) in [5.74, 6) is -6.29. The summed E-state index contributed by atoms with van der Waals surface area (Å²) in [4.78, 5) is 79.2. The molecule has 2 aromatic carbocycles. The number of carbonyl (C=O) groups is 6. The fraction of sp³-hybridized carbons (Fsp3) is 0.514. The Hall–Kier alpha value is -4.78. The zero-order valence-electron chi connectivity index (χ0n) is 29.0. The molecule has 13 nitrogen and oxygen atoms in total. The molecule has 3 aliphatic rings. The van der Waals surface area contributed by atoms with Crippen molar-refractivity contribution >= 4 is 35.8 Å². The van der Waals surface area contributed by atoms with Crippen molar-refractivity contribution in [1.29, 1.82) is 0 Å². The molecule has 2 bridgehead atoms. The summed E-state index contributed by atoms with van der Waals surface area (Å²) in [7, 11) is 0. The van der Waals surface area contributed by atoms with Crippen molar-refractivity contribution in [1.82, 2.24) is 0 Å². The van der Waals surface area contributed by atoms with Crippen LogP contribution in [0.3, 0.4) is 0 Å². The third-order valence-corrected chi connectivity index (χ3v) is 9.93. The van der Waals surface area contributed by atoms with Crippen molar-refractivity contribution in [2.45, 2.75) is 96.6 Å². The minimum Gasteiger partial charge on any atom is -0.461 e. The molecule has 0 aromatic heterocycles. The average Bonchev–Trinajstić information content (AvgIpc) is 3.24. The fourth-order valence-electron chi connectivity index (χ4n) is 8.43. The highest BCUT2D eigenvalue weighted by Crippen LogP contribution is 2.68. The zero-order chi connectivity index (χ0) is 36.6. The highest BCUT2D eigenvalue weighted by molar-refractivity contribution is 5.90. The second-order valence-corrected chi connectivity index (χ2v) is 13.6. The van der Waals surface area contributed by atoms with Crippen molar-refractivity contribution in [3.8, 4) is 0 Å². The topological polar surface area (TPSA) is 167 Å². The Morgan fingerprint density at radius 1 is 0.660 bits per heavy atom. The van der Waals surface area contributed by atoms with E-state index in [0.717, 1.165) is 6.92 Å². The van der Waals surface area contributed by atoms with E-state index < -0.39 is 101 Å². The SMILES string of the molecule is CC(=O)O[C@H]1[C@@H]2[C@@H](OC(C)=O)[C@]3(OC2(C)C)[C@H](C)C[C@H](OC(C)=O)[C@H](OC(C)=O)[C@@]3(COC(=O)c2ccccc2)[C@H]1OC(=O)c1ccccc1. The molecule has 2 aromatic rings. The van der Waals surface area contributed by atoms with Gasteiger partial charge in [-0.3, -0.25) is 19.2 Å². The Labute approximate surface area is 289 Å². The summed E-state index contributed by atoms with van der Waals surface area (Å²) < 4.78 is 43.4. The van der Waals surface area contributed by atoms with Gasteiger partial charge in [-0.2, -0.15) is 0 Å². The molecule has 2 aliphatic carbocycles. The van der Waals surface area contributed by atoms with Crippen LogP contribution in [0.4, 0.5) is 0 Å². The Balaban J connectivity index is 1.86. The van der Waals surface area contributed by atoms with Crippen molar-refractivity contribution in [2.24, 2.45) is 17.3 Å². The van der Waals surface area contributed by atoms with Crippen LogP contribution in [0.15, 0.2) is 60.7 Å².